The number of nitrogens with zero attached hydrogens (tertiary/aromatic N) is 2. The van der Waals surface area contributed by atoms with E-state index in [0.29, 0.717) is 11.3 Å². The van der Waals surface area contributed by atoms with Crippen LogP contribution in [0.2, 0.25) is 0 Å². The van der Waals surface area contributed by atoms with Gasteiger partial charge >= 0.3 is 0 Å². The highest BCUT2D eigenvalue weighted by molar-refractivity contribution is 6.10. The van der Waals surface area contributed by atoms with Crippen LogP contribution in [0, 0.1) is 11.8 Å². The highest BCUT2D eigenvalue weighted by atomic mass is 16.1. The van der Waals surface area contributed by atoms with Crippen molar-refractivity contribution in [3.05, 3.63) is 71.4 Å². The molecule has 0 radical (unpaired) electrons. The molecule has 1 saturated heterocycles. The van der Waals surface area contributed by atoms with E-state index in [1.54, 1.807) is 0 Å². The second-order valence-corrected chi connectivity index (χ2v) is 9.95. The van der Waals surface area contributed by atoms with Crippen molar-refractivity contribution in [3.8, 4) is 0 Å². The van der Waals surface area contributed by atoms with E-state index < -0.39 is 0 Å². The van der Waals surface area contributed by atoms with Crippen molar-refractivity contribution in [2.75, 3.05) is 18.8 Å². The van der Waals surface area contributed by atoms with E-state index in [4.69, 9.17) is 10.7 Å². The minimum absolute atomic E-state index is 0.107. The summed E-state index contributed by atoms with van der Waals surface area (Å²) in [5, 5.41) is 0.906. The maximum atomic E-state index is 13.2. The summed E-state index contributed by atoms with van der Waals surface area (Å²) in [5.74, 6) is 1.17. The minimum atomic E-state index is 0.107. The van der Waals surface area contributed by atoms with Gasteiger partial charge in [-0.15, -0.1) is 0 Å². The van der Waals surface area contributed by atoms with E-state index in [0.717, 1.165) is 54.7 Å². The number of hydrogen-bond acceptors (Lipinski definition) is 4. The van der Waals surface area contributed by atoms with Crippen LogP contribution in [0.15, 0.2) is 54.6 Å². The molecule has 1 atom stereocenters. The lowest BCUT2D eigenvalue weighted by Gasteiger charge is -2.32. The van der Waals surface area contributed by atoms with Crippen molar-refractivity contribution in [2.24, 2.45) is 11.8 Å². The Morgan fingerprint density at radius 2 is 1.64 bits per heavy atom. The first kappa shape index (κ1) is 22.1. The van der Waals surface area contributed by atoms with Crippen molar-refractivity contribution in [2.45, 2.75) is 57.9 Å². The number of benzene rings is 2. The largest absolute Gasteiger partial charge is 0.398 e. The number of unbranched alkanes of at least 4 members (excludes halogenated alkanes) is 1. The molecule has 2 aromatic carbocycles. The molecular weight excluding hydrogens is 406 g/mol. The number of carbonyl (C=O) groups is 1. The molecule has 172 valence electrons. The fourth-order valence-electron chi connectivity index (χ4n) is 5.77. The van der Waals surface area contributed by atoms with Gasteiger partial charge in [-0.25, -0.2) is 0 Å². The zero-order valence-electron chi connectivity index (χ0n) is 19.5. The molecule has 4 heteroatoms. The third-order valence-corrected chi connectivity index (χ3v) is 7.73. The smallest absolute Gasteiger partial charge is 0.169 e. The molecule has 1 aliphatic carbocycles. The van der Waals surface area contributed by atoms with Crippen LogP contribution in [-0.2, 0) is 13.0 Å². The average molecular weight is 442 g/mol. The first-order valence-electron chi connectivity index (χ1n) is 12.7. The predicted octanol–water partition coefficient (Wildman–Crippen LogP) is 6.03. The standard InChI is InChI=1S/C29H35N3O/c30-28-24-12-6-7-13-25(24)31-26-15-14-23(29(33)27(26)28)11-5-4-8-21-16-18-32(19-17-21)20-22-9-2-1-3-10-22/h1-3,6-7,9-10,12-13,21,23H,4-5,8,11,14-20H2,(H2,30,31). The summed E-state index contributed by atoms with van der Waals surface area (Å²) >= 11 is 0. The second kappa shape index (κ2) is 10.0. The molecule has 1 unspecified atom stereocenters. The van der Waals surface area contributed by atoms with Crippen molar-refractivity contribution in [1.82, 2.24) is 9.88 Å². The van der Waals surface area contributed by atoms with E-state index in [1.165, 1.54) is 44.3 Å². The maximum Gasteiger partial charge on any atom is 0.169 e. The number of hydrogen-bond donors (Lipinski definition) is 1. The number of ketones is 1. The molecular formula is C29H35N3O. The number of nitrogen functional groups attached to an aromatic ring is 1. The Morgan fingerprint density at radius 1 is 0.909 bits per heavy atom. The van der Waals surface area contributed by atoms with Crippen LogP contribution in [0.25, 0.3) is 10.9 Å². The van der Waals surface area contributed by atoms with Gasteiger partial charge in [-0.2, -0.15) is 0 Å². The zero-order chi connectivity index (χ0) is 22.6. The average Bonchev–Trinajstić information content (AvgIpc) is 2.85. The number of piperidine rings is 1. The van der Waals surface area contributed by atoms with Gasteiger partial charge in [0, 0.05) is 17.8 Å². The molecule has 4 nitrogen and oxygen atoms in total. The van der Waals surface area contributed by atoms with E-state index in [1.807, 2.05) is 24.3 Å². The van der Waals surface area contributed by atoms with Gasteiger partial charge in [0.05, 0.1) is 22.5 Å². The van der Waals surface area contributed by atoms with Gasteiger partial charge in [0.1, 0.15) is 0 Å². The lowest BCUT2D eigenvalue weighted by molar-refractivity contribution is 0.0891. The number of aryl methyl sites for hydroxylation is 1. The van der Waals surface area contributed by atoms with Crippen LogP contribution in [-0.4, -0.2) is 28.8 Å². The summed E-state index contributed by atoms with van der Waals surface area (Å²) in [7, 11) is 0. The van der Waals surface area contributed by atoms with E-state index in [-0.39, 0.29) is 11.7 Å². The Kier molecular flexibility index (Phi) is 6.73. The number of nitrogens with two attached hydrogens (primary N) is 1. The maximum absolute atomic E-state index is 13.2. The number of Topliss-reactive ketones (excluding diaryl/α,β-unsaturated/α-hetero) is 1. The number of fused-ring (bicyclic) bond motifs is 2. The number of aromatic nitrogens is 1. The van der Waals surface area contributed by atoms with Gasteiger partial charge in [-0.1, -0.05) is 67.8 Å². The van der Waals surface area contributed by atoms with Gasteiger partial charge in [0.2, 0.25) is 0 Å². The normalized spacial score (nSPS) is 19.6. The lowest BCUT2D eigenvalue weighted by Crippen LogP contribution is -2.33. The number of pyridine rings is 1. The summed E-state index contributed by atoms with van der Waals surface area (Å²) in [5.41, 5.74) is 11.0. The summed E-state index contributed by atoms with van der Waals surface area (Å²) < 4.78 is 0. The third kappa shape index (κ3) is 4.96. The van der Waals surface area contributed by atoms with E-state index >= 15 is 0 Å². The van der Waals surface area contributed by atoms with Crippen molar-refractivity contribution in [3.63, 3.8) is 0 Å². The second-order valence-electron chi connectivity index (χ2n) is 9.95. The Bertz CT molecular complexity index is 1100. The highest BCUT2D eigenvalue weighted by Crippen LogP contribution is 2.35. The minimum Gasteiger partial charge on any atom is -0.398 e. The van der Waals surface area contributed by atoms with Gasteiger partial charge in [-0.05, 0) is 62.7 Å². The fraction of sp³-hybridized carbons (Fsp3) is 0.448. The summed E-state index contributed by atoms with van der Waals surface area (Å²) in [4.78, 5) is 20.6. The molecule has 2 N–H and O–H groups in total. The van der Waals surface area contributed by atoms with Gasteiger partial charge in [0.25, 0.3) is 0 Å². The van der Waals surface area contributed by atoms with Crippen molar-refractivity contribution in [1.29, 1.82) is 0 Å². The first-order chi connectivity index (χ1) is 16.2. The highest BCUT2D eigenvalue weighted by Gasteiger charge is 2.31. The number of likely N-dealkylation sites (tertiary alicyclic amines) is 1. The molecule has 1 fully saturated rings. The Hall–Kier alpha value is -2.72. The van der Waals surface area contributed by atoms with Gasteiger partial charge < -0.3 is 5.73 Å². The number of anilines is 1. The van der Waals surface area contributed by atoms with Crippen molar-refractivity contribution < 1.29 is 4.79 Å². The van der Waals surface area contributed by atoms with Crippen molar-refractivity contribution >= 4 is 22.4 Å². The zero-order valence-corrected chi connectivity index (χ0v) is 19.5. The van der Waals surface area contributed by atoms with E-state index in [9.17, 15) is 4.79 Å². The summed E-state index contributed by atoms with van der Waals surface area (Å²) in [6.45, 7) is 3.49. The molecule has 2 heterocycles. The Labute approximate surface area is 197 Å². The monoisotopic (exact) mass is 441 g/mol. The molecule has 0 bridgehead atoms. The van der Waals surface area contributed by atoms with Crippen LogP contribution < -0.4 is 5.73 Å². The molecule has 33 heavy (non-hydrogen) atoms. The molecule has 1 aliphatic heterocycles. The van der Waals surface area contributed by atoms with Crippen LogP contribution in [0.3, 0.4) is 0 Å². The Balaban J connectivity index is 1.08. The molecule has 5 rings (SSSR count). The SMILES string of the molecule is Nc1c2c(nc3ccccc13)CCC(CCCCC1CCN(Cc3ccccc3)CC1)C2=O. The number of para-hydroxylation sites is 1. The Morgan fingerprint density at radius 3 is 2.45 bits per heavy atom. The fourth-order valence-corrected chi connectivity index (χ4v) is 5.77. The molecule has 0 spiro atoms. The lowest BCUT2D eigenvalue weighted by atomic mass is 9.80. The predicted molar refractivity (Wildman–Crippen MR) is 135 cm³/mol. The van der Waals surface area contributed by atoms with E-state index in [2.05, 4.69) is 35.2 Å². The van der Waals surface area contributed by atoms with Gasteiger partial charge in [0.15, 0.2) is 5.78 Å². The molecule has 2 aliphatic rings. The topological polar surface area (TPSA) is 59.2 Å². The molecule has 0 saturated carbocycles. The number of rotatable bonds is 7. The van der Waals surface area contributed by atoms with Crippen LogP contribution in [0.5, 0.6) is 0 Å². The van der Waals surface area contributed by atoms with Crippen LogP contribution in [0.1, 0.15) is 66.6 Å². The molecule has 3 aromatic rings. The van der Waals surface area contributed by atoms with Crippen LogP contribution in [0.4, 0.5) is 5.69 Å². The first-order valence-corrected chi connectivity index (χ1v) is 12.7. The number of carbonyl (C=O) groups excluding carboxylic acids is 1. The quantitative estimate of drug-likeness (QED) is 0.455. The molecule has 0 amide bonds. The van der Waals surface area contributed by atoms with Crippen LogP contribution >= 0.6 is 0 Å². The van der Waals surface area contributed by atoms with Gasteiger partial charge in [-0.3, -0.25) is 14.7 Å². The summed E-state index contributed by atoms with van der Waals surface area (Å²) in [6.07, 6.45) is 9.02. The summed E-state index contributed by atoms with van der Waals surface area (Å²) in [6, 6.07) is 18.7. The molecule has 1 aromatic heterocycles. The third-order valence-electron chi connectivity index (χ3n) is 7.73.